The normalized spacial score (nSPS) is 13.9. The Morgan fingerprint density at radius 1 is 1.33 bits per heavy atom. The van der Waals surface area contributed by atoms with E-state index in [9.17, 15) is 15.0 Å². The maximum atomic E-state index is 12.2. The molecule has 1 amide bonds. The Labute approximate surface area is 106 Å². The van der Waals surface area contributed by atoms with Gasteiger partial charge in [-0.2, -0.15) is 0 Å². The first-order chi connectivity index (χ1) is 8.60. The summed E-state index contributed by atoms with van der Waals surface area (Å²) in [7, 11) is 0. The van der Waals surface area contributed by atoms with Gasteiger partial charge in [0.15, 0.2) is 0 Å². The standard InChI is InChI=1S/C14H15NO3/c1-2-5-15(9-10-3-4-10)14(18)11-6-12(16)8-13(17)7-11/h1,6-8,10,16-17H,3-5,9H2. The molecule has 0 aliphatic heterocycles. The Kier molecular flexibility index (Phi) is 3.42. The molecule has 1 aliphatic rings. The first-order valence-electron chi connectivity index (χ1n) is 5.86. The number of hydrogen-bond acceptors (Lipinski definition) is 3. The van der Waals surface area contributed by atoms with E-state index in [0.717, 1.165) is 12.8 Å². The fourth-order valence-corrected chi connectivity index (χ4v) is 1.84. The minimum absolute atomic E-state index is 0.134. The molecule has 0 aromatic heterocycles. The first-order valence-corrected chi connectivity index (χ1v) is 5.86. The molecule has 94 valence electrons. The summed E-state index contributed by atoms with van der Waals surface area (Å²) in [6.45, 7) is 0.880. The molecule has 1 aliphatic carbocycles. The molecule has 0 spiro atoms. The van der Waals surface area contributed by atoms with Gasteiger partial charge in [0.1, 0.15) is 11.5 Å². The smallest absolute Gasteiger partial charge is 0.254 e. The Morgan fingerprint density at radius 3 is 2.44 bits per heavy atom. The van der Waals surface area contributed by atoms with Crippen molar-refractivity contribution < 1.29 is 15.0 Å². The summed E-state index contributed by atoms with van der Waals surface area (Å²) < 4.78 is 0. The van der Waals surface area contributed by atoms with Gasteiger partial charge in [0.2, 0.25) is 0 Å². The van der Waals surface area contributed by atoms with Gasteiger partial charge in [-0.1, -0.05) is 5.92 Å². The van der Waals surface area contributed by atoms with Crippen molar-refractivity contribution in [3.8, 4) is 23.8 Å². The molecule has 0 atom stereocenters. The number of nitrogens with zero attached hydrogens (tertiary/aromatic N) is 1. The van der Waals surface area contributed by atoms with Crippen LogP contribution < -0.4 is 0 Å². The predicted molar refractivity (Wildman–Crippen MR) is 67.2 cm³/mol. The highest BCUT2D eigenvalue weighted by Crippen LogP contribution is 2.30. The van der Waals surface area contributed by atoms with E-state index in [0.29, 0.717) is 12.5 Å². The monoisotopic (exact) mass is 245 g/mol. The van der Waals surface area contributed by atoms with Crippen molar-refractivity contribution >= 4 is 5.91 Å². The largest absolute Gasteiger partial charge is 0.508 e. The van der Waals surface area contributed by atoms with Crippen molar-refractivity contribution in [2.45, 2.75) is 12.8 Å². The first kappa shape index (κ1) is 12.3. The summed E-state index contributed by atoms with van der Waals surface area (Å²) in [6.07, 6.45) is 7.51. The number of phenolic OH excluding ortho intramolecular Hbond substituents is 2. The highest BCUT2D eigenvalue weighted by atomic mass is 16.3. The molecular formula is C14H15NO3. The molecule has 4 heteroatoms. The summed E-state index contributed by atoms with van der Waals surface area (Å²) in [4.78, 5) is 13.8. The molecule has 1 aromatic rings. The SMILES string of the molecule is C#CCN(CC1CC1)C(=O)c1cc(O)cc(O)c1. The number of benzene rings is 1. The second-order valence-corrected chi connectivity index (χ2v) is 4.57. The van der Waals surface area contributed by atoms with Gasteiger partial charge in [-0.3, -0.25) is 4.79 Å². The Morgan fingerprint density at radius 2 is 1.94 bits per heavy atom. The van der Waals surface area contributed by atoms with Gasteiger partial charge in [-0.15, -0.1) is 6.42 Å². The van der Waals surface area contributed by atoms with Crippen LogP contribution in [-0.2, 0) is 0 Å². The zero-order valence-corrected chi connectivity index (χ0v) is 9.97. The number of terminal acetylenes is 1. The molecule has 0 heterocycles. The zero-order valence-electron chi connectivity index (χ0n) is 9.97. The third-order valence-corrected chi connectivity index (χ3v) is 2.89. The van der Waals surface area contributed by atoms with E-state index < -0.39 is 0 Å². The van der Waals surface area contributed by atoms with Crippen LogP contribution in [0, 0.1) is 18.3 Å². The average molecular weight is 245 g/mol. The highest BCUT2D eigenvalue weighted by Gasteiger charge is 2.27. The number of amides is 1. The third-order valence-electron chi connectivity index (χ3n) is 2.89. The summed E-state index contributed by atoms with van der Waals surface area (Å²) >= 11 is 0. The maximum absolute atomic E-state index is 12.2. The van der Waals surface area contributed by atoms with Crippen molar-refractivity contribution in [3.63, 3.8) is 0 Å². The van der Waals surface area contributed by atoms with Gasteiger partial charge < -0.3 is 15.1 Å². The molecule has 2 rings (SSSR count). The van der Waals surface area contributed by atoms with Crippen molar-refractivity contribution in [1.29, 1.82) is 0 Å². The maximum Gasteiger partial charge on any atom is 0.254 e. The Balaban J connectivity index is 2.18. The zero-order chi connectivity index (χ0) is 13.1. The van der Waals surface area contributed by atoms with Crippen LogP contribution in [0.3, 0.4) is 0 Å². The quantitative estimate of drug-likeness (QED) is 0.792. The number of rotatable bonds is 4. The summed E-state index contributed by atoms with van der Waals surface area (Å²) in [5.41, 5.74) is 0.253. The lowest BCUT2D eigenvalue weighted by atomic mass is 10.1. The van der Waals surface area contributed by atoms with E-state index in [1.807, 2.05) is 0 Å². The van der Waals surface area contributed by atoms with Crippen LogP contribution in [-0.4, -0.2) is 34.1 Å². The van der Waals surface area contributed by atoms with Gasteiger partial charge in [-0.05, 0) is 30.9 Å². The number of hydrogen-bond donors (Lipinski definition) is 2. The van der Waals surface area contributed by atoms with E-state index in [4.69, 9.17) is 6.42 Å². The molecule has 4 nitrogen and oxygen atoms in total. The molecule has 1 fully saturated rings. The lowest BCUT2D eigenvalue weighted by molar-refractivity contribution is 0.0769. The molecule has 0 radical (unpaired) electrons. The van der Waals surface area contributed by atoms with Crippen LogP contribution in [0.2, 0.25) is 0 Å². The molecule has 1 aromatic carbocycles. The second-order valence-electron chi connectivity index (χ2n) is 4.57. The van der Waals surface area contributed by atoms with E-state index in [-0.39, 0.29) is 29.5 Å². The van der Waals surface area contributed by atoms with Crippen LogP contribution >= 0.6 is 0 Å². The summed E-state index contributed by atoms with van der Waals surface area (Å²) in [6, 6.07) is 3.85. The van der Waals surface area contributed by atoms with Gasteiger partial charge in [0, 0.05) is 18.2 Å². The van der Waals surface area contributed by atoms with Gasteiger partial charge in [0.25, 0.3) is 5.91 Å². The van der Waals surface area contributed by atoms with E-state index in [1.54, 1.807) is 4.90 Å². The van der Waals surface area contributed by atoms with E-state index >= 15 is 0 Å². The Bertz CT molecular complexity index is 480. The van der Waals surface area contributed by atoms with Crippen molar-refractivity contribution in [2.24, 2.45) is 5.92 Å². The van der Waals surface area contributed by atoms with Crippen molar-refractivity contribution in [1.82, 2.24) is 4.90 Å². The summed E-state index contributed by atoms with van der Waals surface area (Å²) in [5, 5.41) is 18.8. The number of carbonyl (C=O) groups excluding carboxylic acids is 1. The minimum atomic E-state index is -0.258. The van der Waals surface area contributed by atoms with Crippen molar-refractivity contribution in [3.05, 3.63) is 23.8 Å². The van der Waals surface area contributed by atoms with E-state index in [2.05, 4.69) is 5.92 Å². The van der Waals surface area contributed by atoms with Crippen LogP contribution in [0.1, 0.15) is 23.2 Å². The highest BCUT2D eigenvalue weighted by molar-refractivity contribution is 5.95. The van der Waals surface area contributed by atoms with E-state index in [1.165, 1.54) is 18.2 Å². The molecule has 0 bridgehead atoms. The molecule has 1 saturated carbocycles. The van der Waals surface area contributed by atoms with Crippen LogP contribution in [0.25, 0.3) is 0 Å². The van der Waals surface area contributed by atoms with Crippen LogP contribution in [0.15, 0.2) is 18.2 Å². The fraction of sp³-hybridized carbons (Fsp3) is 0.357. The minimum Gasteiger partial charge on any atom is -0.508 e. The molecule has 18 heavy (non-hydrogen) atoms. The third kappa shape index (κ3) is 2.95. The predicted octanol–water partition coefficient (Wildman–Crippen LogP) is 1.58. The van der Waals surface area contributed by atoms with Crippen LogP contribution in [0.4, 0.5) is 0 Å². The van der Waals surface area contributed by atoms with Gasteiger partial charge in [-0.25, -0.2) is 0 Å². The molecular weight excluding hydrogens is 230 g/mol. The fourth-order valence-electron chi connectivity index (χ4n) is 1.84. The number of aromatic hydroxyl groups is 2. The lowest BCUT2D eigenvalue weighted by Gasteiger charge is -2.20. The number of phenols is 2. The summed E-state index contributed by atoms with van der Waals surface area (Å²) in [5.74, 6) is 2.47. The van der Waals surface area contributed by atoms with Crippen molar-refractivity contribution in [2.75, 3.05) is 13.1 Å². The topological polar surface area (TPSA) is 60.8 Å². The Hall–Kier alpha value is -2.15. The molecule has 0 saturated heterocycles. The van der Waals surface area contributed by atoms with Gasteiger partial charge in [0.05, 0.1) is 6.54 Å². The average Bonchev–Trinajstić information content (AvgIpc) is 3.10. The molecule has 2 N–H and O–H groups in total. The van der Waals surface area contributed by atoms with Gasteiger partial charge >= 0.3 is 0 Å². The molecule has 0 unspecified atom stereocenters. The number of carbonyl (C=O) groups is 1. The second kappa shape index (κ2) is 5.01. The van der Waals surface area contributed by atoms with Crippen LogP contribution in [0.5, 0.6) is 11.5 Å². The lowest BCUT2D eigenvalue weighted by Crippen LogP contribution is -2.33.